The van der Waals surface area contributed by atoms with Crippen LogP contribution in [0.15, 0.2) is 73.1 Å². The van der Waals surface area contributed by atoms with Crippen molar-refractivity contribution in [2.75, 3.05) is 40.6 Å². The highest BCUT2D eigenvalue weighted by molar-refractivity contribution is 6.04. The Morgan fingerprint density at radius 1 is 0.712 bits per heavy atom. The number of piperidine rings is 2. The molecule has 2 unspecified atom stereocenters. The van der Waals surface area contributed by atoms with Gasteiger partial charge in [0.25, 0.3) is 0 Å². The molecule has 10 atom stereocenters. The number of fused-ring (bicyclic) bond motifs is 3. The van der Waals surface area contributed by atoms with Gasteiger partial charge >= 0.3 is 12.2 Å². The summed E-state index contributed by atoms with van der Waals surface area (Å²) in [5.41, 5.74) is 5.82. The fourth-order valence-electron chi connectivity index (χ4n) is 12.3. The Morgan fingerprint density at radius 2 is 1.30 bits per heavy atom. The standard InChI is InChI=1S/C50H54N8O8/c1-63-49(61)55-41(27-13-17-65-18-14-27)47(59)57-36-21-29(36)22-37(57)45-51-23-34(53-45)26-11-9-25(10-12-26)30-5-3-7-32-31(30)6-4-8-33(32)35-24-52-46(54-35)44-40-38-39(40)43(38)58(44)48(60)42(56-50(62)64-2)28-15-19-66-20-16-28/h3-12,23-24,27-29,36-44H,13-22H2,1-2H3,(H,51,53)(H,52,54)(H,55,61)(H,56,62)/t29-,36-,37+,38-,39?,40?,41+,42+,43+,44+/m1/s1. The molecule has 0 spiro atoms. The van der Waals surface area contributed by atoms with Crippen molar-refractivity contribution in [2.24, 2.45) is 35.5 Å². The first-order valence-corrected chi connectivity index (χ1v) is 23.5. The van der Waals surface area contributed by atoms with E-state index >= 15 is 0 Å². The third-order valence-electron chi connectivity index (χ3n) is 15.9. The summed E-state index contributed by atoms with van der Waals surface area (Å²) in [5.74, 6) is 3.15. The number of likely N-dealkylation sites (tertiary alicyclic amines) is 1. The van der Waals surface area contributed by atoms with E-state index in [1.54, 1.807) is 0 Å². The molecule has 8 fully saturated rings. The Hall–Kier alpha value is -6.26. The Bertz CT molecular complexity index is 2700. The average molecular weight is 895 g/mol. The molecule has 7 heterocycles. The summed E-state index contributed by atoms with van der Waals surface area (Å²) in [4.78, 5) is 74.6. The minimum Gasteiger partial charge on any atom is -0.453 e. The Morgan fingerprint density at radius 3 is 1.94 bits per heavy atom. The third kappa shape index (κ3) is 6.93. The molecule has 5 aliphatic heterocycles. The summed E-state index contributed by atoms with van der Waals surface area (Å²) in [6.45, 7) is 2.25. The van der Waals surface area contributed by atoms with Gasteiger partial charge in [0.05, 0.1) is 43.9 Å². The van der Waals surface area contributed by atoms with Crippen LogP contribution < -0.4 is 10.6 Å². The average Bonchev–Trinajstić information content (AvgIpc) is 4.16. The van der Waals surface area contributed by atoms with Gasteiger partial charge in [0.1, 0.15) is 23.7 Å². The molecule has 342 valence electrons. The van der Waals surface area contributed by atoms with Gasteiger partial charge < -0.3 is 49.3 Å². The van der Waals surface area contributed by atoms with Crippen LogP contribution in [0.5, 0.6) is 0 Å². The summed E-state index contributed by atoms with van der Waals surface area (Å²) in [5, 5.41) is 7.91. The molecule has 4 N–H and O–H groups in total. The molecule has 13 rings (SSSR count). The van der Waals surface area contributed by atoms with Crippen LogP contribution in [-0.4, -0.2) is 119 Å². The molecule has 4 amide bonds. The zero-order chi connectivity index (χ0) is 44.8. The van der Waals surface area contributed by atoms with E-state index in [1.165, 1.54) is 14.2 Å². The van der Waals surface area contributed by atoms with Crippen molar-refractivity contribution in [3.8, 4) is 33.6 Å². The highest BCUT2D eigenvalue weighted by Gasteiger charge is 2.86. The van der Waals surface area contributed by atoms with Crippen LogP contribution in [0.1, 0.15) is 62.3 Å². The van der Waals surface area contributed by atoms with Crippen molar-refractivity contribution < 1.29 is 38.1 Å². The molecule has 0 radical (unpaired) electrons. The second-order valence-corrected chi connectivity index (χ2v) is 19.2. The van der Waals surface area contributed by atoms with Gasteiger partial charge in [-0.1, -0.05) is 60.7 Å². The summed E-state index contributed by atoms with van der Waals surface area (Å²) in [6, 6.07) is 19.7. The summed E-state index contributed by atoms with van der Waals surface area (Å²) in [6.07, 6.45) is 7.19. The predicted octanol–water partition coefficient (Wildman–Crippen LogP) is 6.38. The molecule has 8 aliphatic rings. The van der Waals surface area contributed by atoms with Crippen molar-refractivity contribution in [1.82, 2.24) is 40.4 Å². The summed E-state index contributed by atoms with van der Waals surface area (Å²) in [7, 11) is 2.65. The monoisotopic (exact) mass is 894 g/mol. The third-order valence-corrected chi connectivity index (χ3v) is 15.9. The number of ether oxygens (including phenoxy) is 4. The number of hydrogen-bond acceptors (Lipinski definition) is 10. The van der Waals surface area contributed by atoms with Crippen LogP contribution in [0.4, 0.5) is 9.59 Å². The molecule has 5 aromatic rings. The zero-order valence-electron chi connectivity index (χ0n) is 37.0. The number of aromatic nitrogens is 4. The SMILES string of the molecule is COC(=O)N[C@H](C(=O)N1[C@H](c2nc(-c3cccc4c(-c5ccc(-c6cnc([C@@H]7C[C@H]8C[C@H]8N7C(=O)[C@@H](NC(=O)OC)C7CCOCC7)[nH]6)cc5)cccc34)c[nH]2)C2C3[C@H]2[C@@H]31)C1CCOCC1. The molecule has 3 aromatic carbocycles. The molecule has 3 saturated carbocycles. The maximum Gasteiger partial charge on any atom is 0.407 e. The van der Waals surface area contributed by atoms with Gasteiger partial charge in [-0.25, -0.2) is 19.6 Å². The number of carbonyl (C=O) groups excluding carboxylic acids is 4. The topological polar surface area (TPSA) is 193 Å². The van der Waals surface area contributed by atoms with E-state index in [-0.39, 0.29) is 47.8 Å². The van der Waals surface area contributed by atoms with Gasteiger partial charge in [-0.2, -0.15) is 0 Å². The lowest BCUT2D eigenvalue weighted by Crippen LogP contribution is -2.54. The maximum absolute atomic E-state index is 14.4. The number of benzene rings is 3. The molecule has 2 bridgehead atoms. The second kappa shape index (κ2) is 16.3. The number of carbonyl (C=O) groups is 4. The zero-order valence-corrected chi connectivity index (χ0v) is 37.0. The lowest BCUT2D eigenvalue weighted by atomic mass is 9.90. The quantitative estimate of drug-likeness (QED) is 0.116. The number of rotatable bonds is 11. The molecule has 2 aromatic heterocycles. The summed E-state index contributed by atoms with van der Waals surface area (Å²) < 4.78 is 21.0. The van der Waals surface area contributed by atoms with Crippen molar-refractivity contribution in [2.45, 2.75) is 74.8 Å². The highest BCUT2D eigenvalue weighted by Crippen LogP contribution is 2.81. The summed E-state index contributed by atoms with van der Waals surface area (Å²) >= 11 is 0. The molecule has 3 aliphatic carbocycles. The van der Waals surface area contributed by atoms with Crippen LogP contribution in [0.3, 0.4) is 0 Å². The van der Waals surface area contributed by atoms with E-state index in [0.717, 1.165) is 68.9 Å². The van der Waals surface area contributed by atoms with E-state index in [9.17, 15) is 19.2 Å². The molecular formula is C50H54N8O8. The Balaban J connectivity index is 0.773. The number of H-pyrrole nitrogens is 2. The lowest BCUT2D eigenvalue weighted by Gasteiger charge is -2.35. The largest absolute Gasteiger partial charge is 0.453 e. The first-order chi connectivity index (χ1) is 32.3. The van der Waals surface area contributed by atoms with Crippen LogP contribution in [0.25, 0.3) is 44.4 Å². The molecule has 16 nitrogen and oxygen atoms in total. The van der Waals surface area contributed by atoms with E-state index in [1.807, 2.05) is 22.2 Å². The number of aromatic amines is 2. The Kier molecular flexibility index (Phi) is 10.1. The molecule has 16 heteroatoms. The highest BCUT2D eigenvalue weighted by atomic mass is 16.5. The lowest BCUT2D eigenvalue weighted by molar-refractivity contribution is -0.138. The normalized spacial score (nSPS) is 28.3. The number of hydrogen-bond donors (Lipinski definition) is 4. The number of nitrogens with zero attached hydrogens (tertiary/aromatic N) is 4. The van der Waals surface area contributed by atoms with E-state index in [2.05, 4.69) is 81.3 Å². The number of amides is 4. The molecule has 5 saturated heterocycles. The van der Waals surface area contributed by atoms with Crippen molar-refractivity contribution in [3.05, 3.63) is 84.7 Å². The number of alkyl carbamates (subject to hydrolysis) is 2. The second-order valence-electron chi connectivity index (χ2n) is 19.2. The smallest absolute Gasteiger partial charge is 0.407 e. The van der Waals surface area contributed by atoms with Crippen molar-refractivity contribution in [3.63, 3.8) is 0 Å². The van der Waals surface area contributed by atoms with E-state index in [4.69, 9.17) is 28.9 Å². The fourth-order valence-corrected chi connectivity index (χ4v) is 12.3. The van der Waals surface area contributed by atoms with Crippen LogP contribution >= 0.6 is 0 Å². The van der Waals surface area contributed by atoms with Crippen LogP contribution in [0, 0.1) is 35.5 Å². The fraction of sp³-hybridized carbons (Fsp3) is 0.480. The van der Waals surface area contributed by atoms with Crippen LogP contribution in [0.2, 0.25) is 0 Å². The van der Waals surface area contributed by atoms with Gasteiger partial charge in [-0.15, -0.1) is 0 Å². The number of imidazole rings is 2. The van der Waals surface area contributed by atoms with E-state index < -0.39 is 24.3 Å². The van der Waals surface area contributed by atoms with Gasteiger partial charge in [-0.05, 0) is 101 Å². The maximum atomic E-state index is 14.4. The molecular weight excluding hydrogens is 841 g/mol. The number of nitrogens with one attached hydrogen (secondary N) is 4. The van der Waals surface area contributed by atoms with Crippen molar-refractivity contribution in [1.29, 1.82) is 0 Å². The van der Waals surface area contributed by atoms with Crippen molar-refractivity contribution >= 4 is 34.8 Å². The van der Waals surface area contributed by atoms with Gasteiger partial charge in [-0.3, -0.25) is 9.59 Å². The Labute approximate surface area is 381 Å². The van der Waals surface area contributed by atoms with Gasteiger partial charge in [0.2, 0.25) is 11.8 Å². The predicted molar refractivity (Wildman–Crippen MR) is 240 cm³/mol. The van der Waals surface area contributed by atoms with Gasteiger partial charge in [0, 0.05) is 50.3 Å². The first kappa shape index (κ1) is 41.2. The first-order valence-electron chi connectivity index (χ1n) is 23.5. The molecule has 66 heavy (non-hydrogen) atoms. The minimum absolute atomic E-state index is 0.0248. The van der Waals surface area contributed by atoms with Crippen LogP contribution in [-0.2, 0) is 28.5 Å². The van der Waals surface area contributed by atoms with E-state index in [0.29, 0.717) is 75.8 Å². The minimum atomic E-state index is -0.682. The van der Waals surface area contributed by atoms with Gasteiger partial charge in [0.15, 0.2) is 0 Å². The number of methoxy groups -OCH3 is 2.